The molecule has 0 spiro atoms. The maximum absolute atomic E-state index is 11.7. The molecule has 0 aromatic heterocycles. The molecule has 114 valence electrons. The van der Waals surface area contributed by atoms with Crippen LogP contribution in [0.4, 0.5) is 0 Å². The third kappa shape index (κ3) is 2.87. The molecule has 0 aliphatic heterocycles. The van der Waals surface area contributed by atoms with Gasteiger partial charge in [-0.1, -0.05) is 42.5 Å². The standard InChI is InChI=1S/C19H14O4/c20-14-9-8-13(18(21)11-14)10-17(19(22)23)16-7-3-5-12-4-1-2-6-15(12)16/h1-11,20-21H,(H,22,23)/b17-10-. The molecule has 0 saturated carbocycles. The smallest absolute Gasteiger partial charge is 0.336 e. The first-order valence-corrected chi connectivity index (χ1v) is 7.01. The van der Waals surface area contributed by atoms with Gasteiger partial charge in [0.05, 0.1) is 5.57 Å². The van der Waals surface area contributed by atoms with E-state index in [0.29, 0.717) is 11.1 Å². The van der Waals surface area contributed by atoms with Crippen molar-refractivity contribution in [2.24, 2.45) is 0 Å². The number of phenolic OH excluding ortho intramolecular Hbond substituents is 2. The number of phenols is 2. The molecular formula is C19H14O4. The molecule has 23 heavy (non-hydrogen) atoms. The van der Waals surface area contributed by atoms with E-state index in [-0.39, 0.29) is 17.1 Å². The Morgan fingerprint density at radius 2 is 1.65 bits per heavy atom. The van der Waals surface area contributed by atoms with Gasteiger partial charge in [0.2, 0.25) is 0 Å². The van der Waals surface area contributed by atoms with Crippen molar-refractivity contribution in [2.45, 2.75) is 0 Å². The quantitative estimate of drug-likeness (QED) is 0.507. The van der Waals surface area contributed by atoms with Crippen molar-refractivity contribution in [3.63, 3.8) is 0 Å². The summed E-state index contributed by atoms with van der Waals surface area (Å²) in [4.78, 5) is 11.7. The van der Waals surface area contributed by atoms with Crippen molar-refractivity contribution >= 4 is 28.4 Å². The van der Waals surface area contributed by atoms with Gasteiger partial charge >= 0.3 is 5.97 Å². The summed E-state index contributed by atoms with van der Waals surface area (Å²) < 4.78 is 0. The maximum Gasteiger partial charge on any atom is 0.336 e. The van der Waals surface area contributed by atoms with Gasteiger partial charge in [0.25, 0.3) is 0 Å². The highest BCUT2D eigenvalue weighted by molar-refractivity contribution is 6.24. The lowest BCUT2D eigenvalue weighted by molar-refractivity contribution is -0.130. The molecule has 0 heterocycles. The lowest BCUT2D eigenvalue weighted by Crippen LogP contribution is -2.00. The van der Waals surface area contributed by atoms with Gasteiger partial charge in [0, 0.05) is 11.6 Å². The first-order chi connectivity index (χ1) is 11.1. The van der Waals surface area contributed by atoms with E-state index in [1.807, 2.05) is 30.3 Å². The Labute approximate surface area is 132 Å². The van der Waals surface area contributed by atoms with Crippen molar-refractivity contribution in [1.82, 2.24) is 0 Å². The molecule has 0 atom stereocenters. The summed E-state index contributed by atoms with van der Waals surface area (Å²) >= 11 is 0. The number of fused-ring (bicyclic) bond motifs is 1. The van der Waals surface area contributed by atoms with Crippen LogP contribution < -0.4 is 0 Å². The molecule has 0 aliphatic carbocycles. The van der Waals surface area contributed by atoms with E-state index in [4.69, 9.17) is 0 Å². The Bertz CT molecular complexity index is 920. The molecular weight excluding hydrogens is 292 g/mol. The van der Waals surface area contributed by atoms with Crippen LogP contribution in [0.5, 0.6) is 11.5 Å². The minimum atomic E-state index is -1.09. The molecule has 0 unspecified atom stereocenters. The van der Waals surface area contributed by atoms with Crippen LogP contribution >= 0.6 is 0 Å². The largest absolute Gasteiger partial charge is 0.508 e. The van der Waals surface area contributed by atoms with Gasteiger partial charge in [-0.15, -0.1) is 0 Å². The number of rotatable bonds is 3. The zero-order chi connectivity index (χ0) is 16.4. The minimum absolute atomic E-state index is 0.0720. The normalized spacial score (nSPS) is 11.6. The van der Waals surface area contributed by atoms with E-state index in [1.54, 1.807) is 12.1 Å². The molecule has 4 nitrogen and oxygen atoms in total. The van der Waals surface area contributed by atoms with Crippen LogP contribution in [-0.2, 0) is 4.79 Å². The fourth-order valence-electron chi connectivity index (χ4n) is 2.52. The van der Waals surface area contributed by atoms with Crippen LogP contribution in [0.25, 0.3) is 22.4 Å². The molecule has 0 fully saturated rings. The van der Waals surface area contributed by atoms with E-state index in [1.165, 1.54) is 24.3 Å². The Morgan fingerprint density at radius 3 is 2.39 bits per heavy atom. The van der Waals surface area contributed by atoms with Gasteiger partial charge in [0.15, 0.2) is 0 Å². The van der Waals surface area contributed by atoms with Crippen LogP contribution in [0.1, 0.15) is 11.1 Å². The second-order valence-electron chi connectivity index (χ2n) is 5.13. The number of carboxylic acids is 1. The molecule has 3 N–H and O–H groups in total. The molecule has 0 saturated heterocycles. The highest BCUT2D eigenvalue weighted by Gasteiger charge is 2.14. The summed E-state index contributed by atoms with van der Waals surface area (Å²) in [6.07, 6.45) is 1.40. The number of aliphatic carboxylic acids is 1. The van der Waals surface area contributed by atoms with Gasteiger partial charge < -0.3 is 15.3 Å². The first-order valence-electron chi connectivity index (χ1n) is 7.01. The van der Waals surface area contributed by atoms with Crippen LogP contribution in [0.3, 0.4) is 0 Å². The van der Waals surface area contributed by atoms with E-state index < -0.39 is 5.97 Å². The fourth-order valence-corrected chi connectivity index (χ4v) is 2.52. The molecule has 0 radical (unpaired) electrons. The average Bonchev–Trinajstić information content (AvgIpc) is 2.53. The van der Waals surface area contributed by atoms with Crippen LogP contribution in [0, 0.1) is 0 Å². The summed E-state index contributed by atoms with van der Waals surface area (Å²) in [6, 6.07) is 17.0. The van der Waals surface area contributed by atoms with E-state index >= 15 is 0 Å². The number of aromatic hydroxyl groups is 2. The summed E-state index contributed by atoms with van der Waals surface area (Å²) in [5.74, 6) is -1.35. The Kier molecular flexibility index (Phi) is 3.73. The zero-order valence-electron chi connectivity index (χ0n) is 12.1. The number of hydrogen-bond donors (Lipinski definition) is 3. The first kappa shape index (κ1) is 14.7. The third-order valence-electron chi connectivity index (χ3n) is 3.62. The zero-order valence-corrected chi connectivity index (χ0v) is 12.1. The van der Waals surface area contributed by atoms with Gasteiger partial charge in [0.1, 0.15) is 11.5 Å². The van der Waals surface area contributed by atoms with E-state index in [2.05, 4.69) is 0 Å². The predicted octanol–water partition coefficient (Wildman–Crippen LogP) is 3.88. The predicted molar refractivity (Wildman–Crippen MR) is 89.2 cm³/mol. The number of carbonyl (C=O) groups is 1. The topological polar surface area (TPSA) is 77.8 Å². The minimum Gasteiger partial charge on any atom is -0.508 e. The lowest BCUT2D eigenvalue weighted by Gasteiger charge is -2.08. The summed E-state index contributed by atoms with van der Waals surface area (Å²) in [5, 5.41) is 30.6. The SMILES string of the molecule is O=C(O)/C(=C\c1ccc(O)cc1O)c1cccc2ccccc12. The van der Waals surface area contributed by atoms with Crippen molar-refractivity contribution in [2.75, 3.05) is 0 Å². The highest BCUT2D eigenvalue weighted by Crippen LogP contribution is 2.30. The van der Waals surface area contributed by atoms with Gasteiger partial charge in [-0.2, -0.15) is 0 Å². The lowest BCUT2D eigenvalue weighted by atomic mass is 9.96. The Balaban J connectivity index is 2.22. The Hall–Kier alpha value is -3.27. The number of carboxylic acid groups (broad SMARTS) is 1. The molecule has 4 heteroatoms. The van der Waals surface area contributed by atoms with Crippen molar-refractivity contribution in [3.8, 4) is 11.5 Å². The average molecular weight is 306 g/mol. The molecule has 0 aliphatic rings. The van der Waals surface area contributed by atoms with E-state index in [9.17, 15) is 20.1 Å². The molecule has 0 amide bonds. The summed E-state index contributed by atoms with van der Waals surface area (Å²) in [7, 11) is 0. The Morgan fingerprint density at radius 1 is 0.913 bits per heavy atom. The van der Waals surface area contributed by atoms with Gasteiger partial charge in [-0.25, -0.2) is 4.79 Å². The number of benzene rings is 3. The van der Waals surface area contributed by atoms with Gasteiger partial charge in [-0.05, 0) is 34.5 Å². The third-order valence-corrected chi connectivity index (χ3v) is 3.62. The molecule has 3 aromatic rings. The second kappa shape index (κ2) is 5.85. The van der Waals surface area contributed by atoms with Gasteiger partial charge in [-0.3, -0.25) is 0 Å². The van der Waals surface area contributed by atoms with E-state index in [0.717, 1.165) is 10.8 Å². The van der Waals surface area contributed by atoms with Crippen LogP contribution in [0.15, 0.2) is 60.7 Å². The molecule has 3 aromatic carbocycles. The van der Waals surface area contributed by atoms with Crippen LogP contribution in [0.2, 0.25) is 0 Å². The summed E-state index contributed by atoms with van der Waals surface area (Å²) in [6.45, 7) is 0. The van der Waals surface area contributed by atoms with Crippen LogP contribution in [-0.4, -0.2) is 21.3 Å². The second-order valence-corrected chi connectivity index (χ2v) is 5.13. The summed E-state index contributed by atoms with van der Waals surface area (Å²) in [5.41, 5.74) is 0.971. The highest BCUT2D eigenvalue weighted by atomic mass is 16.4. The van der Waals surface area contributed by atoms with Crippen molar-refractivity contribution in [3.05, 3.63) is 71.8 Å². The molecule has 3 rings (SSSR count). The van der Waals surface area contributed by atoms with Crippen molar-refractivity contribution in [1.29, 1.82) is 0 Å². The number of hydrogen-bond acceptors (Lipinski definition) is 3. The molecule has 0 bridgehead atoms. The monoisotopic (exact) mass is 306 g/mol. The fraction of sp³-hybridized carbons (Fsp3) is 0. The maximum atomic E-state index is 11.7. The van der Waals surface area contributed by atoms with Crippen molar-refractivity contribution < 1.29 is 20.1 Å².